The van der Waals surface area contributed by atoms with E-state index in [0.29, 0.717) is 24.5 Å². The summed E-state index contributed by atoms with van der Waals surface area (Å²) in [5.41, 5.74) is 10.2. The summed E-state index contributed by atoms with van der Waals surface area (Å²) in [6.07, 6.45) is 5.89. The molecular formula is C38H59BN6O5Si. The van der Waals surface area contributed by atoms with Crippen molar-refractivity contribution in [3.05, 3.63) is 47.8 Å². The summed E-state index contributed by atoms with van der Waals surface area (Å²) in [7, 11) is -2.58. The van der Waals surface area contributed by atoms with E-state index in [2.05, 4.69) is 52.2 Å². The number of fused-ring (bicyclic) bond motifs is 1. The molecule has 278 valence electrons. The van der Waals surface area contributed by atoms with Crippen molar-refractivity contribution in [1.82, 2.24) is 14.5 Å². The molecule has 11 nitrogen and oxygen atoms in total. The lowest BCUT2D eigenvalue weighted by Crippen LogP contribution is -2.43. The average Bonchev–Trinajstić information content (AvgIpc) is 3.70. The Balaban J connectivity index is 1.52. The molecule has 5 rings (SSSR count). The number of hydrogen-bond acceptors (Lipinski definition) is 8. The first-order valence-corrected chi connectivity index (χ1v) is 21.2. The highest BCUT2D eigenvalue weighted by Crippen LogP contribution is 2.39. The number of carbonyl (C=O) groups excluding carboxylic acids is 1. The van der Waals surface area contributed by atoms with Gasteiger partial charge < -0.3 is 34.4 Å². The fourth-order valence-corrected chi connectivity index (χ4v) is 7.07. The molecule has 0 spiro atoms. The van der Waals surface area contributed by atoms with Gasteiger partial charge in [-0.1, -0.05) is 27.7 Å². The molecule has 2 fully saturated rings. The smallest absolute Gasteiger partial charge is 0.496 e. The van der Waals surface area contributed by atoms with Crippen molar-refractivity contribution in [2.24, 2.45) is 10.7 Å². The van der Waals surface area contributed by atoms with Gasteiger partial charge in [-0.05, 0) is 116 Å². The highest BCUT2D eigenvalue weighted by atomic mass is 28.4. The Morgan fingerprint density at radius 3 is 2.39 bits per heavy atom. The number of nitrogens with one attached hydrogen (secondary N) is 1. The average molecular weight is 719 g/mol. The van der Waals surface area contributed by atoms with Crippen molar-refractivity contribution in [2.45, 2.75) is 136 Å². The minimum atomic E-state index is -2.02. The first-order chi connectivity index (χ1) is 23.5. The van der Waals surface area contributed by atoms with Gasteiger partial charge in [0.1, 0.15) is 17.2 Å². The Morgan fingerprint density at radius 2 is 1.78 bits per heavy atom. The fraction of sp³-hybridized carbons (Fsp3) is 0.605. The van der Waals surface area contributed by atoms with Gasteiger partial charge in [-0.3, -0.25) is 0 Å². The molecule has 2 aliphatic rings. The zero-order valence-corrected chi connectivity index (χ0v) is 34.1. The topological polar surface area (TPSA) is 125 Å². The van der Waals surface area contributed by atoms with E-state index in [1.54, 1.807) is 6.20 Å². The number of aromatic nitrogens is 2. The summed E-state index contributed by atoms with van der Waals surface area (Å²) < 4.78 is 26.9. The fourth-order valence-electron chi connectivity index (χ4n) is 6.05. The molecule has 0 bridgehead atoms. The number of nitrogens with two attached hydrogens (primary N) is 1. The van der Waals surface area contributed by atoms with Gasteiger partial charge in [0, 0.05) is 24.7 Å². The molecule has 51 heavy (non-hydrogen) atoms. The number of nitrogens with zero attached hydrogens (tertiary/aromatic N) is 4. The van der Waals surface area contributed by atoms with Crippen LogP contribution in [-0.2, 0) is 20.5 Å². The van der Waals surface area contributed by atoms with Gasteiger partial charge in [0.2, 0.25) is 8.32 Å². The summed E-state index contributed by atoms with van der Waals surface area (Å²) in [6.45, 7) is 28.3. The number of hydrogen-bond donors (Lipinski definition) is 2. The molecule has 1 amide bonds. The van der Waals surface area contributed by atoms with Gasteiger partial charge in [-0.25, -0.2) is 14.3 Å². The van der Waals surface area contributed by atoms with Crippen molar-refractivity contribution >= 4 is 49.7 Å². The molecule has 3 aromatic rings. The van der Waals surface area contributed by atoms with E-state index >= 15 is 0 Å². The van der Waals surface area contributed by atoms with Crippen LogP contribution >= 0.6 is 0 Å². The number of amidine groups is 1. The normalized spacial score (nSPS) is 19.5. The third-order valence-corrected chi connectivity index (χ3v) is 15.2. The number of carbonyl (C=O) groups is 1. The lowest BCUT2D eigenvalue weighted by atomic mass is 9.81. The van der Waals surface area contributed by atoms with Gasteiger partial charge in [-0.2, -0.15) is 5.10 Å². The van der Waals surface area contributed by atoms with E-state index in [4.69, 9.17) is 34.3 Å². The maximum Gasteiger partial charge on any atom is 0.496 e. The van der Waals surface area contributed by atoms with E-state index in [0.717, 1.165) is 52.9 Å². The van der Waals surface area contributed by atoms with Gasteiger partial charge in [-0.15, -0.1) is 0 Å². The Labute approximate surface area is 305 Å². The van der Waals surface area contributed by atoms with Gasteiger partial charge in [0.05, 0.1) is 45.9 Å². The van der Waals surface area contributed by atoms with Crippen LogP contribution in [0.3, 0.4) is 0 Å². The zero-order chi connectivity index (χ0) is 37.7. The number of likely N-dealkylation sites (tertiary alicyclic amines) is 1. The molecule has 1 atom stereocenters. The van der Waals surface area contributed by atoms with E-state index in [1.807, 2.05) is 82.3 Å². The Hall–Kier alpha value is -3.55. The van der Waals surface area contributed by atoms with Crippen molar-refractivity contribution in [1.29, 1.82) is 0 Å². The van der Waals surface area contributed by atoms with Crippen molar-refractivity contribution in [3.8, 4) is 5.75 Å². The van der Waals surface area contributed by atoms with E-state index in [9.17, 15) is 4.79 Å². The highest BCUT2D eigenvalue weighted by Gasteiger charge is 2.52. The van der Waals surface area contributed by atoms with Gasteiger partial charge in [0.15, 0.2) is 0 Å². The molecule has 1 aromatic carbocycles. The zero-order valence-electron chi connectivity index (χ0n) is 33.1. The van der Waals surface area contributed by atoms with Crippen molar-refractivity contribution < 1.29 is 23.3 Å². The maximum absolute atomic E-state index is 13.1. The standard InChI is InChI=1S/C38H59BN6O5Si/c1-14-25-20-28(48-51(12,13)36(5,6)7)17-18-30(25)43-33(40)29-23-42-45-24-26(39-49-37(8,9)38(10,11)50-39)21-31(45)32(29)41-22-27-16-15-19-44(27)34(46)47-35(2,3)4/h17-18,20-21,23-24,27,41H,14-16,19,22H2,1-13H3,(H2,40,43)/t27-/m1/s1. The minimum Gasteiger partial charge on any atom is -0.543 e. The number of anilines is 1. The molecule has 0 unspecified atom stereocenters. The highest BCUT2D eigenvalue weighted by molar-refractivity contribution is 6.74. The summed E-state index contributed by atoms with van der Waals surface area (Å²) in [6, 6.07) is 8.03. The van der Waals surface area contributed by atoms with Crippen LogP contribution in [0.4, 0.5) is 16.2 Å². The first-order valence-electron chi connectivity index (χ1n) is 18.3. The molecule has 3 N–H and O–H groups in total. The predicted molar refractivity (Wildman–Crippen MR) is 209 cm³/mol. The van der Waals surface area contributed by atoms with Crippen LogP contribution < -0.4 is 20.9 Å². The molecule has 2 saturated heterocycles. The van der Waals surface area contributed by atoms with E-state index in [1.165, 1.54) is 0 Å². The van der Waals surface area contributed by atoms with Crippen LogP contribution in [0.15, 0.2) is 41.7 Å². The molecule has 13 heteroatoms. The lowest BCUT2D eigenvalue weighted by molar-refractivity contribution is 0.00578. The molecule has 2 aliphatic heterocycles. The van der Waals surface area contributed by atoms with Crippen molar-refractivity contribution in [2.75, 3.05) is 18.4 Å². The number of aryl methyl sites for hydroxylation is 1. The second kappa shape index (κ2) is 13.8. The number of rotatable bonds is 9. The van der Waals surface area contributed by atoms with Crippen LogP contribution in [0.2, 0.25) is 18.1 Å². The van der Waals surface area contributed by atoms with Crippen LogP contribution in [0.1, 0.15) is 100 Å². The molecule has 0 saturated carbocycles. The first kappa shape index (κ1) is 38.7. The van der Waals surface area contributed by atoms with Gasteiger partial charge >= 0.3 is 13.2 Å². The monoisotopic (exact) mass is 718 g/mol. The minimum absolute atomic E-state index is 0.0586. The lowest BCUT2D eigenvalue weighted by Gasteiger charge is -2.36. The number of amides is 1. The molecule has 4 heterocycles. The Morgan fingerprint density at radius 1 is 1.12 bits per heavy atom. The third-order valence-electron chi connectivity index (χ3n) is 10.8. The van der Waals surface area contributed by atoms with E-state index in [-0.39, 0.29) is 17.2 Å². The maximum atomic E-state index is 13.1. The summed E-state index contributed by atoms with van der Waals surface area (Å²) in [5, 5.41) is 8.50. The summed E-state index contributed by atoms with van der Waals surface area (Å²) >= 11 is 0. The summed E-state index contributed by atoms with van der Waals surface area (Å²) in [4.78, 5) is 19.9. The van der Waals surface area contributed by atoms with Crippen LogP contribution in [-0.4, -0.2) is 77.8 Å². The van der Waals surface area contributed by atoms with Crippen molar-refractivity contribution in [3.63, 3.8) is 0 Å². The number of benzene rings is 1. The quantitative estimate of drug-likeness (QED) is 0.133. The SMILES string of the molecule is CCc1cc(O[Si](C)(C)C(C)(C)C)ccc1/N=C(\N)c1cnn2cc(B3OC(C)(C)C(C)(C)O3)cc2c1NC[C@H]1CCCN1C(=O)OC(C)(C)C. The third kappa shape index (κ3) is 8.25. The molecule has 2 aromatic heterocycles. The number of aliphatic imine (C=N–C) groups is 1. The second-order valence-electron chi connectivity index (χ2n) is 17.5. The molecule has 0 radical (unpaired) electrons. The molecule has 0 aliphatic carbocycles. The van der Waals surface area contributed by atoms with Crippen LogP contribution in [0, 0.1) is 0 Å². The predicted octanol–water partition coefficient (Wildman–Crippen LogP) is 7.43. The Kier molecular flexibility index (Phi) is 10.5. The van der Waals surface area contributed by atoms with Crippen LogP contribution in [0.25, 0.3) is 5.52 Å². The van der Waals surface area contributed by atoms with Crippen LogP contribution in [0.5, 0.6) is 5.75 Å². The number of ether oxygens (including phenoxy) is 1. The second-order valence-corrected chi connectivity index (χ2v) is 22.2. The summed E-state index contributed by atoms with van der Waals surface area (Å²) in [5.74, 6) is 1.19. The molecular weight excluding hydrogens is 659 g/mol. The van der Waals surface area contributed by atoms with Gasteiger partial charge in [0.25, 0.3) is 0 Å². The Bertz CT molecular complexity index is 1780. The largest absolute Gasteiger partial charge is 0.543 e. The van der Waals surface area contributed by atoms with E-state index < -0.39 is 32.2 Å².